The zero-order valence-corrected chi connectivity index (χ0v) is 13.0. The van der Waals surface area contributed by atoms with Crippen LogP contribution in [0.5, 0.6) is 0 Å². The van der Waals surface area contributed by atoms with Crippen molar-refractivity contribution in [3.63, 3.8) is 0 Å². The summed E-state index contributed by atoms with van der Waals surface area (Å²) >= 11 is 0. The van der Waals surface area contributed by atoms with Crippen molar-refractivity contribution in [3.05, 3.63) is 29.3 Å². The van der Waals surface area contributed by atoms with Gasteiger partial charge in [0.1, 0.15) is 0 Å². The van der Waals surface area contributed by atoms with E-state index in [2.05, 4.69) is 18.2 Å². The maximum absolute atomic E-state index is 11.7. The smallest absolute Gasteiger partial charge is 0.231 e. The highest BCUT2D eigenvalue weighted by atomic mass is 16.2. The van der Waals surface area contributed by atoms with Gasteiger partial charge >= 0.3 is 0 Å². The van der Waals surface area contributed by atoms with Gasteiger partial charge in [-0.05, 0) is 36.0 Å². The third kappa shape index (κ3) is 3.13. The highest BCUT2D eigenvalue weighted by Crippen LogP contribution is 2.33. The molecule has 21 heavy (non-hydrogen) atoms. The van der Waals surface area contributed by atoms with E-state index in [4.69, 9.17) is 5.73 Å². The fourth-order valence-electron chi connectivity index (χ4n) is 3.78. The first kappa shape index (κ1) is 14.6. The number of fused-ring (bicyclic) bond motifs is 1. The Balaban J connectivity index is 1.61. The summed E-state index contributed by atoms with van der Waals surface area (Å²) in [5.74, 6) is 1.06. The zero-order valence-electron chi connectivity index (χ0n) is 13.0. The van der Waals surface area contributed by atoms with E-state index in [1.54, 1.807) is 4.90 Å². The molecule has 1 atom stereocenters. The maximum Gasteiger partial charge on any atom is 0.231 e. The van der Waals surface area contributed by atoms with Crippen molar-refractivity contribution in [2.24, 2.45) is 11.7 Å². The first-order chi connectivity index (χ1) is 10.1. The number of benzene rings is 1. The highest BCUT2D eigenvalue weighted by molar-refractivity contribution is 6.00. The van der Waals surface area contributed by atoms with E-state index < -0.39 is 0 Å². The SMILES string of the molecule is CN1C(=O)Cc2cc(C(N)CCC3CCCCC3)ccc21. The average molecular weight is 286 g/mol. The summed E-state index contributed by atoms with van der Waals surface area (Å²) < 4.78 is 0. The van der Waals surface area contributed by atoms with Crippen LogP contribution in [-0.4, -0.2) is 13.0 Å². The quantitative estimate of drug-likeness (QED) is 0.919. The van der Waals surface area contributed by atoms with Gasteiger partial charge in [0.05, 0.1) is 6.42 Å². The molecule has 1 amide bonds. The van der Waals surface area contributed by atoms with E-state index >= 15 is 0 Å². The standard InChI is InChI=1S/C18H26N2O/c1-20-17-10-8-14(11-15(17)12-18(20)21)16(19)9-7-13-5-3-2-4-6-13/h8,10-11,13,16H,2-7,9,12,19H2,1H3. The van der Waals surface area contributed by atoms with Gasteiger partial charge in [0.2, 0.25) is 5.91 Å². The first-order valence-corrected chi connectivity index (χ1v) is 8.30. The van der Waals surface area contributed by atoms with Gasteiger partial charge in [-0.25, -0.2) is 0 Å². The number of carbonyl (C=O) groups excluding carboxylic acids is 1. The van der Waals surface area contributed by atoms with Crippen LogP contribution in [0.15, 0.2) is 18.2 Å². The predicted molar refractivity (Wildman–Crippen MR) is 86.3 cm³/mol. The molecule has 1 saturated carbocycles. The van der Waals surface area contributed by atoms with E-state index in [0.717, 1.165) is 23.6 Å². The third-order valence-corrected chi connectivity index (χ3v) is 5.22. The Bertz CT molecular complexity index is 520. The van der Waals surface area contributed by atoms with Crippen molar-refractivity contribution < 1.29 is 4.79 Å². The molecule has 2 N–H and O–H groups in total. The number of rotatable bonds is 4. The third-order valence-electron chi connectivity index (χ3n) is 5.22. The molecule has 2 aliphatic rings. The Kier molecular flexibility index (Phi) is 4.29. The molecular weight excluding hydrogens is 260 g/mol. The fourth-order valence-corrected chi connectivity index (χ4v) is 3.78. The number of carbonyl (C=O) groups is 1. The number of hydrogen-bond acceptors (Lipinski definition) is 2. The summed E-state index contributed by atoms with van der Waals surface area (Å²) in [5, 5.41) is 0. The topological polar surface area (TPSA) is 46.3 Å². The Morgan fingerprint density at radius 2 is 2.05 bits per heavy atom. The van der Waals surface area contributed by atoms with E-state index in [1.165, 1.54) is 44.1 Å². The Hall–Kier alpha value is -1.35. The van der Waals surface area contributed by atoms with Crippen LogP contribution < -0.4 is 10.6 Å². The van der Waals surface area contributed by atoms with Gasteiger partial charge < -0.3 is 10.6 Å². The van der Waals surface area contributed by atoms with Crippen molar-refractivity contribution in [1.29, 1.82) is 0 Å². The second-order valence-corrected chi connectivity index (χ2v) is 6.71. The maximum atomic E-state index is 11.7. The van der Waals surface area contributed by atoms with Crippen molar-refractivity contribution >= 4 is 11.6 Å². The second kappa shape index (κ2) is 6.18. The highest BCUT2D eigenvalue weighted by Gasteiger charge is 2.24. The minimum absolute atomic E-state index is 0.109. The van der Waals surface area contributed by atoms with Crippen LogP contribution in [0.25, 0.3) is 0 Å². The number of amides is 1. The number of anilines is 1. The molecule has 0 radical (unpaired) electrons. The predicted octanol–water partition coefficient (Wildman–Crippen LogP) is 3.57. The van der Waals surface area contributed by atoms with Crippen LogP contribution in [0.3, 0.4) is 0 Å². The van der Waals surface area contributed by atoms with Gasteiger partial charge in [-0.15, -0.1) is 0 Å². The monoisotopic (exact) mass is 286 g/mol. The summed E-state index contributed by atoms with van der Waals surface area (Å²) in [6.07, 6.45) is 9.81. The van der Waals surface area contributed by atoms with Crippen molar-refractivity contribution in [2.75, 3.05) is 11.9 Å². The molecule has 3 rings (SSSR count). The second-order valence-electron chi connectivity index (χ2n) is 6.71. The largest absolute Gasteiger partial charge is 0.324 e. The molecule has 1 fully saturated rings. The van der Waals surface area contributed by atoms with Crippen LogP contribution in [-0.2, 0) is 11.2 Å². The van der Waals surface area contributed by atoms with E-state index in [9.17, 15) is 4.79 Å². The van der Waals surface area contributed by atoms with Crippen molar-refractivity contribution in [3.8, 4) is 0 Å². The zero-order chi connectivity index (χ0) is 14.8. The van der Waals surface area contributed by atoms with Crippen molar-refractivity contribution in [2.45, 2.75) is 57.4 Å². The van der Waals surface area contributed by atoms with Gasteiger partial charge in [0.25, 0.3) is 0 Å². The molecule has 1 aromatic carbocycles. The molecule has 0 aromatic heterocycles. The lowest BCUT2D eigenvalue weighted by Gasteiger charge is -2.23. The molecule has 3 heteroatoms. The van der Waals surface area contributed by atoms with Crippen LogP contribution in [0.2, 0.25) is 0 Å². The summed E-state index contributed by atoms with van der Waals surface area (Å²) in [7, 11) is 1.84. The normalized spacial score (nSPS) is 20.7. The van der Waals surface area contributed by atoms with Gasteiger partial charge in [-0.2, -0.15) is 0 Å². The van der Waals surface area contributed by atoms with Crippen LogP contribution in [0.1, 0.15) is 62.1 Å². The number of nitrogens with zero attached hydrogens (tertiary/aromatic N) is 1. The molecule has 114 valence electrons. The lowest BCUT2D eigenvalue weighted by Crippen LogP contribution is -2.20. The minimum Gasteiger partial charge on any atom is -0.324 e. The number of nitrogens with two attached hydrogens (primary N) is 1. The minimum atomic E-state index is 0.109. The summed E-state index contributed by atoms with van der Waals surface area (Å²) in [4.78, 5) is 13.5. The number of hydrogen-bond donors (Lipinski definition) is 1. The van der Waals surface area contributed by atoms with E-state index in [0.29, 0.717) is 6.42 Å². The van der Waals surface area contributed by atoms with Gasteiger partial charge in [0.15, 0.2) is 0 Å². The molecule has 1 heterocycles. The first-order valence-electron chi connectivity index (χ1n) is 8.30. The molecule has 1 aliphatic carbocycles. The molecule has 0 bridgehead atoms. The average Bonchev–Trinajstić information content (AvgIpc) is 2.80. The summed E-state index contributed by atoms with van der Waals surface area (Å²) in [5.41, 5.74) is 9.74. The summed E-state index contributed by atoms with van der Waals surface area (Å²) in [6.45, 7) is 0. The molecule has 1 aliphatic heterocycles. The Morgan fingerprint density at radius 1 is 1.29 bits per heavy atom. The molecule has 0 saturated heterocycles. The van der Waals surface area contributed by atoms with Crippen LogP contribution in [0.4, 0.5) is 5.69 Å². The van der Waals surface area contributed by atoms with Crippen molar-refractivity contribution in [1.82, 2.24) is 0 Å². The van der Waals surface area contributed by atoms with Gasteiger partial charge in [-0.1, -0.05) is 44.2 Å². The molecule has 1 unspecified atom stereocenters. The van der Waals surface area contributed by atoms with Crippen LogP contribution >= 0.6 is 0 Å². The number of likely N-dealkylation sites (N-methyl/N-ethyl adjacent to an activating group) is 1. The van der Waals surface area contributed by atoms with E-state index in [1.807, 2.05) is 7.05 Å². The molecule has 0 spiro atoms. The molecule has 3 nitrogen and oxygen atoms in total. The lowest BCUT2D eigenvalue weighted by molar-refractivity contribution is -0.117. The molecular formula is C18H26N2O. The fraction of sp³-hybridized carbons (Fsp3) is 0.611. The Morgan fingerprint density at radius 3 is 2.81 bits per heavy atom. The summed E-state index contributed by atoms with van der Waals surface area (Å²) in [6, 6.07) is 6.40. The van der Waals surface area contributed by atoms with E-state index in [-0.39, 0.29) is 11.9 Å². The lowest BCUT2D eigenvalue weighted by atomic mass is 9.84. The van der Waals surface area contributed by atoms with Gasteiger partial charge in [-0.3, -0.25) is 4.79 Å². The van der Waals surface area contributed by atoms with Gasteiger partial charge in [0, 0.05) is 18.8 Å². The Labute approximate surface area is 127 Å². The van der Waals surface area contributed by atoms with Crippen LogP contribution in [0, 0.1) is 5.92 Å². The molecule has 1 aromatic rings.